The third-order valence-corrected chi connectivity index (χ3v) is 7.91. The molecule has 0 aromatic carbocycles. The number of carbonyl (C=O) groups is 1. The smallest absolute Gasteiger partial charge is 0.259 e. The van der Waals surface area contributed by atoms with Crippen molar-refractivity contribution in [3.63, 3.8) is 0 Å². The Balaban J connectivity index is 1.43. The van der Waals surface area contributed by atoms with E-state index in [1.807, 2.05) is 25.1 Å². The highest BCUT2D eigenvalue weighted by molar-refractivity contribution is 7.91. The van der Waals surface area contributed by atoms with Gasteiger partial charge in [0.15, 0.2) is 9.84 Å². The van der Waals surface area contributed by atoms with Crippen LogP contribution in [0.4, 0.5) is 5.95 Å². The number of hydrogen-bond acceptors (Lipinski definition) is 7. The second kappa shape index (κ2) is 7.98. The summed E-state index contributed by atoms with van der Waals surface area (Å²) in [7, 11) is 0.735. The first-order chi connectivity index (χ1) is 14.2. The average molecular weight is 434 g/mol. The van der Waals surface area contributed by atoms with E-state index in [1.165, 1.54) is 0 Å². The van der Waals surface area contributed by atoms with Gasteiger partial charge in [0.25, 0.3) is 5.56 Å². The van der Waals surface area contributed by atoms with Crippen molar-refractivity contribution in [1.29, 1.82) is 0 Å². The summed E-state index contributed by atoms with van der Waals surface area (Å²) in [5.74, 6) is 1.00. The van der Waals surface area contributed by atoms with Crippen LogP contribution in [0.25, 0.3) is 10.9 Å². The number of pyridine rings is 1. The summed E-state index contributed by atoms with van der Waals surface area (Å²) in [5.41, 5.74) is 1.26. The molecule has 4 heterocycles. The maximum absolute atomic E-state index is 12.6. The molecule has 9 nitrogen and oxygen atoms in total. The van der Waals surface area contributed by atoms with Crippen LogP contribution in [0.15, 0.2) is 17.1 Å². The first-order valence-electron chi connectivity index (χ1n) is 10.3. The standard InChI is InChI=1S/C20H27N5O4S/c1-24(2)20-21-11-15-17(23-20)10-16(22-19(15)27)14-3-6-25(7-4-14)18(26)9-13-5-8-30(28,29)12-13/h10-11,13-14H,3-9,12H2,1-2H3,(H,22,27)/t13-/m0/s1. The van der Waals surface area contributed by atoms with Crippen molar-refractivity contribution in [2.45, 2.75) is 31.6 Å². The topological polar surface area (TPSA) is 116 Å². The lowest BCUT2D eigenvalue weighted by atomic mass is 9.92. The van der Waals surface area contributed by atoms with E-state index in [0.29, 0.717) is 42.8 Å². The summed E-state index contributed by atoms with van der Waals surface area (Å²) in [6.07, 6.45) is 3.94. The van der Waals surface area contributed by atoms with Crippen molar-refractivity contribution in [3.8, 4) is 0 Å². The third-order valence-electron chi connectivity index (χ3n) is 6.08. The van der Waals surface area contributed by atoms with Crippen LogP contribution >= 0.6 is 0 Å². The molecule has 10 heteroatoms. The van der Waals surface area contributed by atoms with Gasteiger partial charge in [0.1, 0.15) is 0 Å². The van der Waals surface area contributed by atoms with Crippen LogP contribution in [0.3, 0.4) is 0 Å². The van der Waals surface area contributed by atoms with Gasteiger partial charge in [-0.3, -0.25) is 9.59 Å². The van der Waals surface area contributed by atoms with Crippen LogP contribution in [0.5, 0.6) is 0 Å². The zero-order chi connectivity index (χ0) is 21.5. The molecule has 2 fully saturated rings. The number of fused-ring (bicyclic) bond motifs is 1. The molecule has 1 N–H and O–H groups in total. The molecule has 2 aromatic rings. The predicted octanol–water partition coefficient (Wildman–Crippen LogP) is 0.915. The predicted molar refractivity (Wildman–Crippen MR) is 114 cm³/mol. The SMILES string of the molecule is CN(C)c1ncc2c(=O)[nH]c(C3CCN(C(=O)C[C@@H]4CCS(=O)(=O)C4)CC3)cc2n1. The Morgan fingerprint density at radius 1 is 1.27 bits per heavy atom. The van der Waals surface area contributed by atoms with Gasteiger partial charge in [-0.1, -0.05) is 0 Å². The molecule has 1 atom stereocenters. The van der Waals surface area contributed by atoms with Crippen molar-refractivity contribution >= 4 is 32.6 Å². The minimum atomic E-state index is -2.97. The molecular formula is C20H27N5O4S. The monoisotopic (exact) mass is 433 g/mol. The molecule has 1 amide bonds. The summed E-state index contributed by atoms with van der Waals surface area (Å²) in [6, 6.07) is 1.91. The molecule has 0 unspecified atom stereocenters. The van der Waals surface area contributed by atoms with Crippen molar-refractivity contribution in [3.05, 3.63) is 28.3 Å². The lowest BCUT2D eigenvalue weighted by molar-refractivity contribution is -0.133. The molecule has 4 rings (SSSR count). The average Bonchev–Trinajstić information content (AvgIpc) is 3.05. The fourth-order valence-electron chi connectivity index (χ4n) is 4.34. The van der Waals surface area contributed by atoms with Gasteiger partial charge in [-0.2, -0.15) is 0 Å². The fourth-order valence-corrected chi connectivity index (χ4v) is 6.20. The fraction of sp³-hybridized carbons (Fsp3) is 0.600. The lowest BCUT2D eigenvalue weighted by Gasteiger charge is -2.32. The van der Waals surface area contributed by atoms with E-state index in [-0.39, 0.29) is 34.8 Å². The number of nitrogens with one attached hydrogen (secondary N) is 1. The van der Waals surface area contributed by atoms with Crippen LogP contribution in [-0.4, -0.2) is 72.9 Å². The van der Waals surface area contributed by atoms with Crippen LogP contribution in [0, 0.1) is 5.92 Å². The van der Waals surface area contributed by atoms with Gasteiger partial charge in [-0.25, -0.2) is 18.4 Å². The molecule has 0 spiro atoms. The van der Waals surface area contributed by atoms with Crippen LogP contribution < -0.4 is 10.5 Å². The number of amides is 1. The number of sulfone groups is 1. The number of carbonyl (C=O) groups excluding carboxylic acids is 1. The normalized spacial score (nSPS) is 21.8. The number of rotatable bonds is 4. The number of likely N-dealkylation sites (tertiary alicyclic amines) is 1. The maximum atomic E-state index is 12.6. The van der Waals surface area contributed by atoms with E-state index in [2.05, 4.69) is 15.0 Å². The molecule has 162 valence electrons. The maximum Gasteiger partial charge on any atom is 0.259 e. The summed E-state index contributed by atoms with van der Waals surface area (Å²) < 4.78 is 23.2. The molecule has 0 radical (unpaired) electrons. The summed E-state index contributed by atoms with van der Waals surface area (Å²) in [5, 5.41) is 0.462. The highest BCUT2D eigenvalue weighted by Crippen LogP contribution is 2.29. The highest BCUT2D eigenvalue weighted by atomic mass is 32.2. The number of piperidine rings is 1. The van der Waals surface area contributed by atoms with E-state index in [0.717, 1.165) is 18.5 Å². The molecule has 30 heavy (non-hydrogen) atoms. The number of nitrogens with zero attached hydrogens (tertiary/aromatic N) is 4. The van der Waals surface area contributed by atoms with Crippen LogP contribution in [0.1, 0.15) is 37.3 Å². The lowest BCUT2D eigenvalue weighted by Crippen LogP contribution is -2.39. The molecule has 2 saturated heterocycles. The highest BCUT2D eigenvalue weighted by Gasteiger charge is 2.32. The van der Waals surface area contributed by atoms with Gasteiger partial charge in [0.2, 0.25) is 11.9 Å². The Hall–Kier alpha value is -2.49. The Morgan fingerprint density at radius 3 is 2.63 bits per heavy atom. The Bertz CT molecular complexity index is 1120. The Morgan fingerprint density at radius 2 is 2.00 bits per heavy atom. The van der Waals surface area contributed by atoms with Gasteiger partial charge in [0, 0.05) is 51.4 Å². The number of H-pyrrole nitrogens is 1. The van der Waals surface area contributed by atoms with Crippen molar-refractivity contribution in [2.24, 2.45) is 5.92 Å². The molecule has 2 aliphatic rings. The largest absolute Gasteiger partial charge is 0.347 e. The van der Waals surface area contributed by atoms with E-state index in [4.69, 9.17) is 0 Å². The van der Waals surface area contributed by atoms with Crippen molar-refractivity contribution in [1.82, 2.24) is 19.9 Å². The second-order valence-electron chi connectivity index (χ2n) is 8.55. The summed E-state index contributed by atoms with van der Waals surface area (Å²) >= 11 is 0. The molecule has 0 bridgehead atoms. The number of aromatic nitrogens is 3. The van der Waals surface area contributed by atoms with Crippen molar-refractivity contribution < 1.29 is 13.2 Å². The van der Waals surface area contributed by atoms with Crippen molar-refractivity contribution in [2.75, 3.05) is 43.6 Å². The zero-order valence-corrected chi connectivity index (χ0v) is 18.1. The second-order valence-corrected chi connectivity index (χ2v) is 10.8. The van der Waals surface area contributed by atoms with Gasteiger partial charge in [0.05, 0.1) is 22.4 Å². The van der Waals surface area contributed by atoms with E-state index >= 15 is 0 Å². The molecule has 0 aliphatic carbocycles. The van der Waals surface area contributed by atoms with Crippen LogP contribution in [-0.2, 0) is 14.6 Å². The number of anilines is 1. The van der Waals surface area contributed by atoms with Gasteiger partial charge in [-0.15, -0.1) is 0 Å². The Labute approximate surface area is 175 Å². The minimum Gasteiger partial charge on any atom is -0.347 e. The quantitative estimate of drug-likeness (QED) is 0.762. The van der Waals surface area contributed by atoms with Gasteiger partial charge < -0.3 is 14.8 Å². The first-order valence-corrected chi connectivity index (χ1v) is 12.1. The first kappa shape index (κ1) is 20.8. The summed E-state index contributed by atoms with van der Waals surface area (Å²) in [6.45, 7) is 1.21. The van der Waals surface area contributed by atoms with Gasteiger partial charge in [-0.05, 0) is 31.2 Å². The number of hydrogen-bond donors (Lipinski definition) is 1. The molecular weight excluding hydrogens is 406 g/mol. The minimum absolute atomic E-state index is 0.0333. The van der Waals surface area contributed by atoms with Gasteiger partial charge >= 0.3 is 0 Å². The zero-order valence-electron chi connectivity index (χ0n) is 17.3. The van der Waals surface area contributed by atoms with E-state index < -0.39 is 9.84 Å². The van der Waals surface area contributed by atoms with Crippen LogP contribution in [0.2, 0.25) is 0 Å². The van der Waals surface area contributed by atoms with E-state index in [9.17, 15) is 18.0 Å². The molecule has 2 aromatic heterocycles. The summed E-state index contributed by atoms with van der Waals surface area (Å²) in [4.78, 5) is 40.3. The third kappa shape index (κ3) is 4.33. The molecule has 0 saturated carbocycles. The molecule has 2 aliphatic heterocycles. The number of aromatic amines is 1. The van der Waals surface area contributed by atoms with E-state index in [1.54, 1.807) is 11.1 Å². The Kier molecular flexibility index (Phi) is 5.52.